The van der Waals surface area contributed by atoms with Gasteiger partial charge in [0.05, 0.1) is 5.01 Å². The predicted molar refractivity (Wildman–Crippen MR) is 88.0 cm³/mol. The van der Waals surface area contributed by atoms with Gasteiger partial charge in [-0.2, -0.15) is 0 Å². The Morgan fingerprint density at radius 2 is 2.19 bits per heavy atom. The normalized spacial score (nSPS) is 10.9. The minimum atomic E-state index is -0.154. The Morgan fingerprint density at radius 1 is 1.38 bits per heavy atom. The number of carbonyl (C=O) groups excluding carboxylic acids is 1. The van der Waals surface area contributed by atoms with Crippen LogP contribution in [0.4, 0.5) is 5.69 Å². The van der Waals surface area contributed by atoms with Crippen LogP contribution in [0.3, 0.4) is 0 Å². The molecule has 5 heteroatoms. The second-order valence-electron chi connectivity index (χ2n) is 5.16. The molecule has 0 saturated heterocycles. The SMILES string of the molecule is CCNCc1cccc(NC(=O)c2csc(C(C)C)n2)c1. The molecule has 2 rings (SSSR count). The van der Waals surface area contributed by atoms with Gasteiger partial charge in [-0.3, -0.25) is 4.79 Å². The molecule has 0 unspecified atom stereocenters. The zero-order valence-corrected chi connectivity index (χ0v) is 13.5. The molecule has 1 aromatic carbocycles. The number of amides is 1. The van der Waals surface area contributed by atoms with Crippen molar-refractivity contribution in [3.63, 3.8) is 0 Å². The maximum Gasteiger partial charge on any atom is 0.275 e. The van der Waals surface area contributed by atoms with Crippen molar-refractivity contribution in [1.29, 1.82) is 0 Å². The molecule has 0 aliphatic rings. The third-order valence-corrected chi connectivity index (χ3v) is 4.16. The first-order valence-electron chi connectivity index (χ1n) is 7.16. The molecule has 0 aliphatic heterocycles. The predicted octanol–water partition coefficient (Wildman–Crippen LogP) is 3.63. The summed E-state index contributed by atoms with van der Waals surface area (Å²) in [6, 6.07) is 7.86. The standard InChI is InChI=1S/C16H21N3OS/c1-4-17-9-12-6-5-7-13(8-12)18-15(20)14-10-21-16(19-14)11(2)3/h5-8,10-11,17H,4,9H2,1-3H3,(H,18,20). The summed E-state index contributed by atoms with van der Waals surface area (Å²) in [4.78, 5) is 16.6. The Morgan fingerprint density at radius 3 is 2.86 bits per heavy atom. The highest BCUT2D eigenvalue weighted by atomic mass is 32.1. The van der Waals surface area contributed by atoms with Crippen molar-refractivity contribution >= 4 is 22.9 Å². The average Bonchev–Trinajstić information content (AvgIpc) is 2.95. The van der Waals surface area contributed by atoms with Gasteiger partial charge in [0, 0.05) is 23.5 Å². The van der Waals surface area contributed by atoms with E-state index in [1.807, 2.05) is 29.6 Å². The minimum absolute atomic E-state index is 0.154. The van der Waals surface area contributed by atoms with Crippen LogP contribution < -0.4 is 10.6 Å². The fraction of sp³-hybridized carbons (Fsp3) is 0.375. The molecule has 112 valence electrons. The lowest BCUT2D eigenvalue weighted by Crippen LogP contribution is -2.14. The van der Waals surface area contributed by atoms with Gasteiger partial charge in [0.2, 0.25) is 0 Å². The van der Waals surface area contributed by atoms with E-state index in [2.05, 4.69) is 36.4 Å². The zero-order chi connectivity index (χ0) is 15.2. The molecule has 4 nitrogen and oxygen atoms in total. The molecule has 0 aliphatic carbocycles. The van der Waals surface area contributed by atoms with Gasteiger partial charge >= 0.3 is 0 Å². The molecule has 1 aromatic heterocycles. The number of thiazole rings is 1. The summed E-state index contributed by atoms with van der Waals surface area (Å²) in [5.74, 6) is 0.193. The number of anilines is 1. The van der Waals surface area contributed by atoms with E-state index in [4.69, 9.17) is 0 Å². The van der Waals surface area contributed by atoms with Gasteiger partial charge < -0.3 is 10.6 Å². The number of aromatic nitrogens is 1. The highest BCUT2D eigenvalue weighted by Crippen LogP contribution is 2.20. The number of carbonyl (C=O) groups is 1. The minimum Gasteiger partial charge on any atom is -0.321 e. The van der Waals surface area contributed by atoms with Crippen molar-refractivity contribution in [2.45, 2.75) is 33.2 Å². The van der Waals surface area contributed by atoms with Gasteiger partial charge in [-0.05, 0) is 24.2 Å². The Labute approximate surface area is 129 Å². The largest absolute Gasteiger partial charge is 0.321 e. The van der Waals surface area contributed by atoms with Gasteiger partial charge in [0.15, 0.2) is 0 Å². The van der Waals surface area contributed by atoms with E-state index in [9.17, 15) is 4.79 Å². The van der Waals surface area contributed by atoms with E-state index < -0.39 is 0 Å². The second kappa shape index (κ2) is 7.33. The number of nitrogens with one attached hydrogen (secondary N) is 2. The van der Waals surface area contributed by atoms with Crippen molar-refractivity contribution in [3.05, 3.63) is 45.9 Å². The number of hydrogen-bond acceptors (Lipinski definition) is 4. The molecule has 21 heavy (non-hydrogen) atoms. The van der Waals surface area contributed by atoms with Gasteiger partial charge in [0.25, 0.3) is 5.91 Å². The van der Waals surface area contributed by atoms with E-state index in [1.165, 1.54) is 11.3 Å². The molecule has 0 radical (unpaired) electrons. The summed E-state index contributed by atoms with van der Waals surface area (Å²) in [6.45, 7) is 7.94. The van der Waals surface area contributed by atoms with Crippen molar-refractivity contribution in [2.75, 3.05) is 11.9 Å². The molecule has 0 atom stereocenters. The van der Waals surface area contributed by atoms with Crippen molar-refractivity contribution in [1.82, 2.24) is 10.3 Å². The van der Waals surface area contributed by atoms with Crippen LogP contribution in [0.1, 0.15) is 47.7 Å². The number of nitrogens with zero attached hydrogens (tertiary/aromatic N) is 1. The number of benzene rings is 1. The quantitative estimate of drug-likeness (QED) is 0.857. The van der Waals surface area contributed by atoms with Crippen LogP contribution in [0.25, 0.3) is 0 Å². The number of rotatable bonds is 6. The van der Waals surface area contributed by atoms with E-state index >= 15 is 0 Å². The fourth-order valence-corrected chi connectivity index (χ4v) is 2.70. The molecule has 0 bridgehead atoms. The molecular formula is C16H21N3OS. The van der Waals surface area contributed by atoms with Crippen molar-refractivity contribution in [3.8, 4) is 0 Å². The Hall–Kier alpha value is -1.72. The second-order valence-corrected chi connectivity index (χ2v) is 6.05. The average molecular weight is 303 g/mol. The third-order valence-electron chi connectivity index (χ3n) is 3.01. The summed E-state index contributed by atoms with van der Waals surface area (Å²) >= 11 is 1.53. The van der Waals surface area contributed by atoms with Gasteiger partial charge in [-0.15, -0.1) is 11.3 Å². The maximum absolute atomic E-state index is 12.2. The van der Waals surface area contributed by atoms with Crippen molar-refractivity contribution in [2.24, 2.45) is 0 Å². The highest BCUT2D eigenvalue weighted by Gasteiger charge is 2.12. The fourth-order valence-electron chi connectivity index (χ4n) is 1.88. The Kier molecular flexibility index (Phi) is 5.47. The maximum atomic E-state index is 12.2. The van der Waals surface area contributed by atoms with Crippen LogP contribution in [-0.4, -0.2) is 17.4 Å². The lowest BCUT2D eigenvalue weighted by atomic mass is 10.2. The molecule has 2 aromatic rings. The molecule has 0 spiro atoms. The van der Waals surface area contributed by atoms with E-state index in [1.54, 1.807) is 0 Å². The van der Waals surface area contributed by atoms with Crippen LogP contribution in [0.2, 0.25) is 0 Å². The van der Waals surface area contributed by atoms with Crippen molar-refractivity contribution < 1.29 is 4.79 Å². The monoisotopic (exact) mass is 303 g/mol. The third kappa shape index (κ3) is 4.37. The molecule has 2 N–H and O–H groups in total. The summed E-state index contributed by atoms with van der Waals surface area (Å²) in [5, 5.41) is 8.97. The van der Waals surface area contributed by atoms with E-state index in [-0.39, 0.29) is 5.91 Å². The summed E-state index contributed by atoms with van der Waals surface area (Å²) in [7, 11) is 0. The molecule has 1 heterocycles. The molecule has 0 saturated carbocycles. The smallest absolute Gasteiger partial charge is 0.275 e. The topological polar surface area (TPSA) is 54.0 Å². The van der Waals surface area contributed by atoms with Crippen LogP contribution in [-0.2, 0) is 6.54 Å². The van der Waals surface area contributed by atoms with Crippen LogP contribution >= 0.6 is 11.3 Å². The Balaban J connectivity index is 2.04. The summed E-state index contributed by atoms with van der Waals surface area (Å²) in [6.07, 6.45) is 0. The van der Waals surface area contributed by atoms with Gasteiger partial charge in [-0.25, -0.2) is 4.98 Å². The number of hydrogen-bond donors (Lipinski definition) is 2. The van der Waals surface area contributed by atoms with Crippen LogP contribution in [0.15, 0.2) is 29.6 Å². The first kappa shape index (κ1) is 15.7. The lowest BCUT2D eigenvalue weighted by molar-refractivity contribution is 0.102. The first-order valence-corrected chi connectivity index (χ1v) is 8.04. The van der Waals surface area contributed by atoms with E-state index in [0.29, 0.717) is 11.6 Å². The summed E-state index contributed by atoms with van der Waals surface area (Å²) in [5.41, 5.74) is 2.44. The molecule has 0 fully saturated rings. The van der Waals surface area contributed by atoms with Gasteiger partial charge in [-0.1, -0.05) is 32.9 Å². The summed E-state index contributed by atoms with van der Waals surface area (Å²) < 4.78 is 0. The Bertz CT molecular complexity index is 607. The molecule has 1 amide bonds. The zero-order valence-electron chi connectivity index (χ0n) is 12.6. The first-order chi connectivity index (χ1) is 10.1. The van der Waals surface area contributed by atoms with E-state index in [0.717, 1.165) is 29.3 Å². The van der Waals surface area contributed by atoms with Crippen LogP contribution in [0.5, 0.6) is 0 Å². The lowest BCUT2D eigenvalue weighted by Gasteiger charge is -2.07. The molecular weight excluding hydrogens is 282 g/mol. The van der Waals surface area contributed by atoms with Crippen LogP contribution in [0, 0.1) is 0 Å². The highest BCUT2D eigenvalue weighted by molar-refractivity contribution is 7.09. The van der Waals surface area contributed by atoms with Gasteiger partial charge in [0.1, 0.15) is 5.69 Å².